The van der Waals surface area contributed by atoms with Gasteiger partial charge in [0.05, 0.1) is 0 Å². The molecule has 1 aromatic carbocycles. The second kappa shape index (κ2) is 3.41. The fraction of sp³-hybridized carbons (Fsp3) is 0. The molecule has 0 unspecified atom stereocenters. The summed E-state index contributed by atoms with van der Waals surface area (Å²) in [5.41, 5.74) is 1.89. The van der Waals surface area contributed by atoms with Gasteiger partial charge in [0.15, 0.2) is 0 Å². The Morgan fingerprint density at radius 1 is 1.55 bits per heavy atom. The minimum absolute atomic E-state index is 0.863. The first kappa shape index (κ1) is 8.10. The molecule has 1 aromatic rings. The number of hydrogen-bond donors (Lipinski definition) is 0. The van der Waals surface area contributed by atoms with Crippen molar-refractivity contribution in [2.45, 2.75) is 0 Å². The summed E-state index contributed by atoms with van der Waals surface area (Å²) in [6, 6.07) is 5.76. The van der Waals surface area contributed by atoms with Crippen molar-refractivity contribution in [3.63, 3.8) is 0 Å². The zero-order valence-corrected chi connectivity index (χ0v) is 7.56. The summed E-state index contributed by atoms with van der Waals surface area (Å²) in [4.78, 5) is 0. The van der Waals surface area contributed by atoms with Gasteiger partial charge in [0.1, 0.15) is 0 Å². The standard InChI is InChI=1S/C10H7Br/c1-3-8-6-5-7-9(4-2)10(8)11/h1,4-7H,2H2. The Labute approximate surface area is 75.1 Å². The van der Waals surface area contributed by atoms with Gasteiger partial charge in [-0.3, -0.25) is 0 Å². The van der Waals surface area contributed by atoms with Gasteiger partial charge < -0.3 is 0 Å². The van der Waals surface area contributed by atoms with Crippen LogP contribution >= 0.6 is 15.9 Å². The van der Waals surface area contributed by atoms with Gasteiger partial charge in [-0.25, -0.2) is 0 Å². The van der Waals surface area contributed by atoms with Crippen LogP contribution < -0.4 is 0 Å². The van der Waals surface area contributed by atoms with Crippen LogP contribution in [0.15, 0.2) is 29.3 Å². The first-order valence-electron chi connectivity index (χ1n) is 3.17. The van der Waals surface area contributed by atoms with E-state index in [2.05, 4.69) is 28.4 Å². The maximum atomic E-state index is 5.26. The minimum atomic E-state index is 0.863. The lowest BCUT2D eigenvalue weighted by Crippen LogP contribution is -1.80. The van der Waals surface area contributed by atoms with Crippen molar-refractivity contribution < 1.29 is 0 Å². The highest BCUT2D eigenvalue weighted by molar-refractivity contribution is 9.10. The summed E-state index contributed by atoms with van der Waals surface area (Å²) in [6.07, 6.45) is 7.03. The minimum Gasteiger partial charge on any atom is -0.115 e. The van der Waals surface area contributed by atoms with E-state index in [1.165, 1.54) is 0 Å². The normalized spacial score (nSPS) is 8.73. The van der Waals surface area contributed by atoms with Crippen molar-refractivity contribution >= 4 is 22.0 Å². The molecule has 0 nitrogen and oxygen atoms in total. The molecule has 11 heavy (non-hydrogen) atoms. The van der Waals surface area contributed by atoms with E-state index >= 15 is 0 Å². The summed E-state index contributed by atoms with van der Waals surface area (Å²) in [5.74, 6) is 2.58. The van der Waals surface area contributed by atoms with Crippen LogP contribution in [0.5, 0.6) is 0 Å². The van der Waals surface area contributed by atoms with Gasteiger partial charge in [0, 0.05) is 10.0 Å². The predicted octanol–water partition coefficient (Wildman–Crippen LogP) is 3.07. The molecule has 0 aliphatic carbocycles. The first-order chi connectivity index (χ1) is 5.29. The number of rotatable bonds is 1. The molecule has 54 valence electrons. The van der Waals surface area contributed by atoms with Crippen LogP contribution in [0.25, 0.3) is 6.08 Å². The molecule has 0 bridgehead atoms. The largest absolute Gasteiger partial charge is 0.115 e. The molecule has 0 aliphatic rings. The van der Waals surface area contributed by atoms with Crippen molar-refractivity contribution in [2.75, 3.05) is 0 Å². The molecule has 0 spiro atoms. The van der Waals surface area contributed by atoms with Gasteiger partial charge >= 0.3 is 0 Å². The van der Waals surface area contributed by atoms with Crippen molar-refractivity contribution in [1.82, 2.24) is 0 Å². The molecular formula is C10H7Br. The summed E-state index contributed by atoms with van der Waals surface area (Å²) in [6.45, 7) is 3.67. The fourth-order valence-corrected chi connectivity index (χ4v) is 1.36. The average molecular weight is 207 g/mol. The smallest absolute Gasteiger partial charge is 0.0403 e. The quantitative estimate of drug-likeness (QED) is 0.620. The molecule has 0 fully saturated rings. The van der Waals surface area contributed by atoms with Gasteiger partial charge in [-0.1, -0.05) is 30.7 Å². The van der Waals surface area contributed by atoms with E-state index in [4.69, 9.17) is 6.42 Å². The summed E-state index contributed by atoms with van der Waals surface area (Å²) < 4.78 is 0.942. The Morgan fingerprint density at radius 3 is 2.82 bits per heavy atom. The van der Waals surface area contributed by atoms with Crippen LogP contribution in [0, 0.1) is 12.3 Å². The van der Waals surface area contributed by atoms with Crippen molar-refractivity contribution in [1.29, 1.82) is 0 Å². The SMILES string of the molecule is C#Cc1cccc(C=C)c1Br. The fourth-order valence-electron chi connectivity index (χ4n) is 0.819. The summed E-state index contributed by atoms with van der Waals surface area (Å²) >= 11 is 3.39. The lowest BCUT2D eigenvalue weighted by atomic mass is 10.1. The highest BCUT2D eigenvalue weighted by Crippen LogP contribution is 2.21. The van der Waals surface area contributed by atoms with Crippen LogP contribution in [-0.2, 0) is 0 Å². The number of terminal acetylenes is 1. The maximum Gasteiger partial charge on any atom is 0.0403 e. The molecular weight excluding hydrogens is 200 g/mol. The van der Waals surface area contributed by atoms with E-state index in [0.29, 0.717) is 0 Å². The molecule has 1 rings (SSSR count). The summed E-state index contributed by atoms with van der Waals surface area (Å²) in [5, 5.41) is 0. The Hall–Kier alpha value is -1.00. The van der Waals surface area contributed by atoms with E-state index in [-0.39, 0.29) is 0 Å². The van der Waals surface area contributed by atoms with Crippen molar-refractivity contribution in [3.05, 3.63) is 40.4 Å². The van der Waals surface area contributed by atoms with E-state index in [1.807, 2.05) is 18.2 Å². The zero-order chi connectivity index (χ0) is 8.27. The second-order valence-electron chi connectivity index (χ2n) is 2.06. The van der Waals surface area contributed by atoms with Crippen LogP contribution in [0.2, 0.25) is 0 Å². The maximum absolute atomic E-state index is 5.26. The highest BCUT2D eigenvalue weighted by atomic mass is 79.9. The molecule has 0 N–H and O–H groups in total. The Morgan fingerprint density at radius 2 is 2.27 bits per heavy atom. The molecule has 1 heteroatoms. The molecule has 0 aliphatic heterocycles. The van der Waals surface area contributed by atoms with Gasteiger partial charge in [-0.05, 0) is 27.6 Å². The first-order valence-corrected chi connectivity index (χ1v) is 3.96. The average Bonchev–Trinajstić information content (AvgIpc) is 2.05. The Kier molecular flexibility index (Phi) is 2.51. The zero-order valence-electron chi connectivity index (χ0n) is 5.97. The van der Waals surface area contributed by atoms with Crippen LogP contribution in [0.4, 0.5) is 0 Å². The molecule has 0 saturated heterocycles. The predicted molar refractivity (Wildman–Crippen MR) is 52.2 cm³/mol. The third-order valence-corrected chi connectivity index (χ3v) is 2.29. The van der Waals surface area contributed by atoms with Gasteiger partial charge in [0.25, 0.3) is 0 Å². The number of halogens is 1. The third kappa shape index (κ3) is 1.53. The molecule has 0 atom stereocenters. The molecule has 0 radical (unpaired) electrons. The molecule has 0 aromatic heterocycles. The molecule has 0 amide bonds. The van der Waals surface area contributed by atoms with Gasteiger partial charge in [-0.15, -0.1) is 6.42 Å². The second-order valence-corrected chi connectivity index (χ2v) is 2.85. The number of hydrogen-bond acceptors (Lipinski definition) is 0. The topological polar surface area (TPSA) is 0 Å². The van der Waals surface area contributed by atoms with E-state index in [1.54, 1.807) is 6.08 Å². The van der Waals surface area contributed by atoms with E-state index < -0.39 is 0 Å². The molecule has 0 heterocycles. The van der Waals surface area contributed by atoms with Crippen LogP contribution in [-0.4, -0.2) is 0 Å². The van der Waals surface area contributed by atoms with Crippen molar-refractivity contribution in [3.8, 4) is 12.3 Å². The third-order valence-electron chi connectivity index (χ3n) is 1.40. The number of benzene rings is 1. The monoisotopic (exact) mass is 206 g/mol. The lowest BCUT2D eigenvalue weighted by molar-refractivity contribution is 1.55. The van der Waals surface area contributed by atoms with Gasteiger partial charge in [0.2, 0.25) is 0 Å². The summed E-state index contributed by atoms with van der Waals surface area (Å²) in [7, 11) is 0. The Bertz CT molecular complexity index is 318. The lowest BCUT2D eigenvalue weighted by Gasteiger charge is -1.99. The van der Waals surface area contributed by atoms with Crippen molar-refractivity contribution in [2.24, 2.45) is 0 Å². The van der Waals surface area contributed by atoms with E-state index in [0.717, 1.165) is 15.6 Å². The van der Waals surface area contributed by atoms with Crippen LogP contribution in [0.3, 0.4) is 0 Å². The highest BCUT2D eigenvalue weighted by Gasteiger charge is 1.98. The van der Waals surface area contributed by atoms with Gasteiger partial charge in [-0.2, -0.15) is 0 Å². The van der Waals surface area contributed by atoms with Crippen LogP contribution in [0.1, 0.15) is 11.1 Å². The Balaban J connectivity index is 3.34. The molecule has 0 saturated carbocycles. The van der Waals surface area contributed by atoms with E-state index in [9.17, 15) is 0 Å².